The monoisotopic (exact) mass is 533 g/mol. The van der Waals surface area contributed by atoms with Crippen molar-refractivity contribution in [2.45, 2.75) is 41.3 Å². The fourth-order valence-electron chi connectivity index (χ4n) is 5.03. The Morgan fingerprint density at radius 3 is 2.39 bits per heavy atom. The molecule has 0 saturated heterocycles. The first kappa shape index (κ1) is 22.7. The zero-order valence-electron chi connectivity index (χ0n) is 16.9. The number of halogens is 4. The van der Waals surface area contributed by atoms with Gasteiger partial charge in [0.05, 0.1) is 18.5 Å². The van der Waals surface area contributed by atoms with Gasteiger partial charge in [-0.3, -0.25) is 9.59 Å². The molecular formula is C20H15Cl4N3O6. The molecule has 0 aromatic carbocycles. The number of alkyl halides is 2. The molecule has 1 aliphatic heterocycles. The van der Waals surface area contributed by atoms with E-state index in [0.717, 1.165) is 4.57 Å². The third-order valence-electron chi connectivity index (χ3n) is 6.62. The predicted octanol–water partition coefficient (Wildman–Crippen LogP) is 1.90. The number of ketones is 2. The molecule has 33 heavy (non-hydrogen) atoms. The van der Waals surface area contributed by atoms with Gasteiger partial charge in [0.15, 0.2) is 11.6 Å². The summed E-state index contributed by atoms with van der Waals surface area (Å²) < 4.78 is 9.08. The molecule has 4 atom stereocenters. The number of carbonyl (C=O) groups is 2. The third-order valence-corrected chi connectivity index (χ3v) is 8.87. The van der Waals surface area contributed by atoms with Gasteiger partial charge in [-0.25, -0.2) is 23.5 Å². The molecule has 1 saturated carbocycles. The number of allylic oxidation sites excluding steroid dienone is 4. The van der Waals surface area contributed by atoms with E-state index in [1.165, 1.54) is 28.5 Å². The molecule has 3 heterocycles. The maximum Gasteiger partial charge on any atom is 0.347 e. The normalized spacial score (nSPS) is 31.3. The number of hydrogen-bond acceptors (Lipinski definition) is 6. The van der Waals surface area contributed by atoms with Crippen LogP contribution in [0.4, 0.5) is 0 Å². The van der Waals surface area contributed by atoms with Crippen LogP contribution in [0.5, 0.6) is 0 Å². The summed E-state index contributed by atoms with van der Waals surface area (Å²) in [7, 11) is 1.33. The lowest BCUT2D eigenvalue weighted by Crippen LogP contribution is -2.67. The summed E-state index contributed by atoms with van der Waals surface area (Å²) in [5, 5.41) is 8.38. The number of nitrogens with zero attached hydrogens (tertiary/aromatic N) is 3. The SMILES string of the molecule is Cn1c(=O)n2n(c1=O)C1CC3(Cl)C(=O)C(Cl)=C(Cl)C(=O)C3(Cl)C(c3ccc(CO)o3)C1=CC2. The van der Waals surface area contributed by atoms with Crippen LogP contribution < -0.4 is 11.4 Å². The van der Waals surface area contributed by atoms with E-state index < -0.39 is 61.3 Å². The van der Waals surface area contributed by atoms with Crippen LogP contribution in [0.2, 0.25) is 0 Å². The van der Waals surface area contributed by atoms with Crippen LogP contribution in [-0.4, -0.2) is 40.4 Å². The summed E-state index contributed by atoms with van der Waals surface area (Å²) in [4.78, 5) is 48.0. The fraction of sp³-hybridized carbons (Fsp3) is 0.400. The Morgan fingerprint density at radius 1 is 1.09 bits per heavy atom. The summed E-state index contributed by atoms with van der Waals surface area (Å²) in [6.07, 6.45) is 1.35. The quantitative estimate of drug-likeness (QED) is 0.464. The second-order valence-corrected chi connectivity index (χ2v) is 10.2. The predicted molar refractivity (Wildman–Crippen MR) is 119 cm³/mol. The highest BCUT2D eigenvalue weighted by Gasteiger charge is 2.72. The highest BCUT2D eigenvalue weighted by atomic mass is 35.5. The minimum Gasteiger partial charge on any atom is -0.463 e. The molecule has 2 aliphatic carbocycles. The maximum atomic E-state index is 13.5. The highest BCUT2D eigenvalue weighted by Crippen LogP contribution is 2.63. The zero-order chi connectivity index (χ0) is 24.0. The first-order chi connectivity index (χ1) is 15.5. The zero-order valence-corrected chi connectivity index (χ0v) is 19.9. The topological polar surface area (TPSA) is 116 Å². The van der Waals surface area contributed by atoms with Crippen LogP contribution in [-0.2, 0) is 29.8 Å². The summed E-state index contributed by atoms with van der Waals surface area (Å²) >= 11 is 26.1. The van der Waals surface area contributed by atoms with Gasteiger partial charge in [0.2, 0.25) is 0 Å². The van der Waals surface area contributed by atoms with Gasteiger partial charge in [-0.15, -0.1) is 23.2 Å². The van der Waals surface area contributed by atoms with E-state index in [-0.39, 0.29) is 24.5 Å². The minimum atomic E-state index is -2.14. The molecule has 3 aliphatic rings. The number of aromatic nitrogens is 3. The van der Waals surface area contributed by atoms with Crippen LogP contribution in [0, 0.1) is 0 Å². The van der Waals surface area contributed by atoms with Crippen molar-refractivity contribution in [3.05, 3.63) is 66.3 Å². The van der Waals surface area contributed by atoms with Gasteiger partial charge in [-0.05, 0) is 17.7 Å². The number of aliphatic hydroxyl groups excluding tert-OH is 1. The molecule has 0 spiro atoms. The van der Waals surface area contributed by atoms with Crippen LogP contribution >= 0.6 is 46.4 Å². The van der Waals surface area contributed by atoms with Gasteiger partial charge in [-0.1, -0.05) is 29.3 Å². The van der Waals surface area contributed by atoms with Crippen LogP contribution in [0.25, 0.3) is 0 Å². The van der Waals surface area contributed by atoms with Gasteiger partial charge in [0.25, 0.3) is 0 Å². The molecule has 13 heteroatoms. The number of Topliss-reactive ketones (excluding diaryl/α,β-unsaturated/α-hetero) is 2. The van der Waals surface area contributed by atoms with E-state index in [2.05, 4.69) is 0 Å². The minimum absolute atomic E-state index is 0.0134. The summed E-state index contributed by atoms with van der Waals surface area (Å²) in [5.74, 6) is -2.56. The molecule has 2 aromatic heterocycles. The standard InChI is InChI=1S/C20H15Cl4N3O6/c1-25-17(31)26-5-4-9-10(27(26)18(25)32)6-19(23)15(29)13(21)14(22)16(30)20(19,24)12(9)11-3-2-8(7-28)33-11/h2-4,10,12,28H,5-7H2,1H3. The van der Waals surface area contributed by atoms with Crippen molar-refractivity contribution in [1.82, 2.24) is 13.9 Å². The third kappa shape index (κ3) is 2.65. The summed E-state index contributed by atoms with van der Waals surface area (Å²) in [5.41, 5.74) is -0.719. The second-order valence-electron chi connectivity index (χ2n) is 8.17. The number of furan rings is 1. The highest BCUT2D eigenvalue weighted by molar-refractivity contribution is 6.66. The van der Waals surface area contributed by atoms with Gasteiger partial charge < -0.3 is 9.52 Å². The largest absolute Gasteiger partial charge is 0.463 e. The van der Waals surface area contributed by atoms with Crippen molar-refractivity contribution in [1.29, 1.82) is 0 Å². The molecule has 1 N–H and O–H groups in total. The van der Waals surface area contributed by atoms with E-state index in [1.54, 1.807) is 6.08 Å². The Kier molecular flexibility index (Phi) is 4.98. The first-order valence-electron chi connectivity index (χ1n) is 9.79. The smallest absolute Gasteiger partial charge is 0.347 e. The molecule has 9 nitrogen and oxygen atoms in total. The number of rotatable bonds is 2. The summed E-state index contributed by atoms with van der Waals surface area (Å²) in [6, 6.07) is 2.08. The molecule has 4 unspecified atom stereocenters. The van der Waals surface area contributed by atoms with Crippen molar-refractivity contribution in [3.63, 3.8) is 0 Å². The Balaban J connectivity index is 1.84. The molecule has 2 aromatic rings. The lowest BCUT2D eigenvalue weighted by atomic mass is 9.60. The van der Waals surface area contributed by atoms with Crippen LogP contribution in [0.15, 0.2) is 47.9 Å². The average Bonchev–Trinajstić information content (AvgIpc) is 3.36. The molecule has 0 radical (unpaired) electrons. The number of fused-ring (bicyclic) bond motifs is 4. The van der Waals surface area contributed by atoms with Gasteiger partial charge in [-0.2, -0.15) is 0 Å². The van der Waals surface area contributed by atoms with Crippen molar-refractivity contribution in [3.8, 4) is 0 Å². The maximum absolute atomic E-state index is 13.5. The molecule has 5 rings (SSSR count). The lowest BCUT2D eigenvalue weighted by molar-refractivity contribution is -0.128. The fourth-order valence-corrected chi connectivity index (χ4v) is 6.53. The molecule has 0 amide bonds. The van der Waals surface area contributed by atoms with E-state index in [9.17, 15) is 24.3 Å². The van der Waals surface area contributed by atoms with E-state index in [4.69, 9.17) is 50.8 Å². The first-order valence-corrected chi connectivity index (χ1v) is 11.3. The second kappa shape index (κ2) is 7.23. The van der Waals surface area contributed by atoms with Crippen LogP contribution in [0.1, 0.15) is 29.9 Å². The Labute approximate surface area is 205 Å². The van der Waals surface area contributed by atoms with Gasteiger partial charge in [0.1, 0.15) is 37.9 Å². The molecular weight excluding hydrogens is 520 g/mol. The average molecular weight is 535 g/mol. The number of aliphatic hydroxyl groups is 1. The lowest BCUT2D eigenvalue weighted by Gasteiger charge is -2.53. The number of hydrogen-bond donors (Lipinski definition) is 1. The van der Waals surface area contributed by atoms with Crippen LogP contribution in [0.3, 0.4) is 0 Å². The molecule has 174 valence electrons. The van der Waals surface area contributed by atoms with Crippen molar-refractivity contribution in [2.24, 2.45) is 7.05 Å². The van der Waals surface area contributed by atoms with Gasteiger partial charge >= 0.3 is 11.4 Å². The number of carbonyl (C=O) groups excluding carboxylic acids is 2. The van der Waals surface area contributed by atoms with E-state index >= 15 is 0 Å². The van der Waals surface area contributed by atoms with Gasteiger partial charge in [0, 0.05) is 13.5 Å². The van der Waals surface area contributed by atoms with E-state index in [0.29, 0.717) is 5.57 Å². The Bertz CT molecular complexity index is 1430. The van der Waals surface area contributed by atoms with Crippen molar-refractivity contribution < 1.29 is 19.1 Å². The summed E-state index contributed by atoms with van der Waals surface area (Å²) in [6.45, 7) is -0.410. The Hall–Kier alpha value is -2.04. The van der Waals surface area contributed by atoms with Crippen molar-refractivity contribution >= 4 is 58.0 Å². The van der Waals surface area contributed by atoms with E-state index in [1.807, 2.05) is 0 Å². The Morgan fingerprint density at radius 2 is 1.76 bits per heavy atom. The van der Waals surface area contributed by atoms with Crippen molar-refractivity contribution in [2.75, 3.05) is 0 Å². The molecule has 0 bridgehead atoms. The molecule has 1 fully saturated rings.